The van der Waals surface area contributed by atoms with Crippen LogP contribution in [-0.2, 0) is 4.74 Å². The van der Waals surface area contributed by atoms with Gasteiger partial charge in [0.15, 0.2) is 0 Å². The number of likely N-dealkylation sites (tertiary alicyclic amines) is 1. The molecule has 2 aliphatic rings. The molecule has 2 atom stereocenters. The first-order valence-corrected chi connectivity index (χ1v) is 7.81. The molecule has 1 N–H and O–H groups in total. The third kappa shape index (κ3) is 3.05. The van der Waals surface area contributed by atoms with Crippen molar-refractivity contribution in [1.82, 2.24) is 10.2 Å². The van der Waals surface area contributed by atoms with Gasteiger partial charge in [0.2, 0.25) is 0 Å². The zero-order valence-corrected chi connectivity index (χ0v) is 12.5. The van der Waals surface area contributed by atoms with E-state index in [1.807, 2.05) is 0 Å². The monoisotopic (exact) mass is 274 g/mol. The number of benzene rings is 1. The molecule has 0 radical (unpaired) electrons. The summed E-state index contributed by atoms with van der Waals surface area (Å²) in [6.07, 6.45) is 2.49. The summed E-state index contributed by atoms with van der Waals surface area (Å²) in [7, 11) is 2.05. The second-order valence-electron chi connectivity index (χ2n) is 6.46. The van der Waals surface area contributed by atoms with Crippen LogP contribution in [-0.4, -0.2) is 51.3 Å². The van der Waals surface area contributed by atoms with Gasteiger partial charge >= 0.3 is 0 Å². The summed E-state index contributed by atoms with van der Waals surface area (Å²) >= 11 is 0. The predicted octanol–water partition coefficient (Wildman–Crippen LogP) is 2.10. The highest BCUT2D eigenvalue weighted by Gasteiger charge is 2.37. The number of nitrogens with zero attached hydrogens (tertiary/aromatic N) is 1. The maximum atomic E-state index is 5.67. The Morgan fingerprint density at radius 2 is 2.20 bits per heavy atom. The van der Waals surface area contributed by atoms with Crippen molar-refractivity contribution in [3.8, 4) is 0 Å². The van der Waals surface area contributed by atoms with Gasteiger partial charge in [0.1, 0.15) is 0 Å². The van der Waals surface area contributed by atoms with E-state index < -0.39 is 0 Å². The molecule has 1 aromatic carbocycles. The Labute approximate surface area is 122 Å². The Kier molecular flexibility index (Phi) is 4.39. The SMILES string of the molecule is CNCC1(CN2CCC(c3ccccc3)C2)CCOC1. The van der Waals surface area contributed by atoms with Crippen molar-refractivity contribution in [2.24, 2.45) is 5.41 Å². The molecule has 0 amide bonds. The van der Waals surface area contributed by atoms with E-state index >= 15 is 0 Å². The minimum atomic E-state index is 0.334. The van der Waals surface area contributed by atoms with Crippen LogP contribution in [0.3, 0.4) is 0 Å². The number of nitrogens with one attached hydrogen (secondary N) is 1. The molecule has 0 spiro atoms. The van der Waals surface area contributed by atoms with Crippen molar-refractivity contribution >= 4 is 0 Å². The molecular weight excluding hydrogens is 248 g/mol. The lowest BCUT2D eigenvalue weighted by Crippen LogP contribution is -2.43. The molecule has 3 heteroatoms. The largest absolute Gasteiger partial charge is 0.381 e. The first-order chi connectivity index (χ1) is 9.81. The lowest BCUT2D eigenvalue weighted by Gasteiger charge is -2.32. The fourth-order valence-electron chi connectivity index (χ4n) is 3.79. The lowest BCUT2D eigenvalue weighted by atomic mass is 9.86. The van der Waals surface area contributed by atoms with Crippen molar-refractivity contribution in [3.05, 3.63) is 35.9 Å². The Bertz CT molecular complexity index is 414. The van der Waals surface area contributed by atoms with E-state index in [1.54, 1.807) is 0 Å². The van der Waals surface area contributed by atoms with Crippen molar-refractivity contribution in [2.45, 2.75) is 18.8 Å². The predicted molar refractivity (Wildman–Crippen MR) is 82.0 cm³/mol. The average molecular weight is 274 g/mol. The van der Waals surface area contributed by atoms with E-state index in [9.17, 15) is 0 Å². The third-order valence-electron chi connectivity index (χ3n) is 4.84. The van der Waals surface area contributed by atoms with E-state index in [-0.39, 0.29) is 0 Å². The van der Waals surface area contributed by atoms with Gasteiger partial charge in [-0.25, -0.2) is 0 Å². The van der Waals surface area contributed by atoms with E-state index in [0.717, 1.165) is 19.8 Å². The molecule has 0 aliphatic carbocycles. The molecule has 2 unspecified atom stereocenters. The first kappa shape index (κ1) is 14.1. The summed E-state index contributed by atoms with van der Waals surface area (Å²) in [5.41, 5.74) is 1.83. The van der Waals surface area contributed by atoms with Crippen LogP contribution in [0.4, 0.5) is 0 Å². The molecular formula is C17H26N2O. The minimum Gasteiger partial charge on any atom is -0.381 e. The van der Waals surface area contributed by atoms with Gasteiger partial charge in [-0.1, -0.05) is 30.3 Å². The summed E-state index contributed by atoms with van der Waals surface area (Å²) < 4.78 is 5.67. The van der Waals surface area contributed by atoms with Crippen molar-refractivity contribution in [1.29, 1.82) is 0 Å². The zero-order valence-electron chi connectivity index (χ0n) is 12.5. The highest BCUT2D eigenvalue weighted by molar-refractivity contribution is 5.21. The molecule has 2 saturated heterocycles. The smallest absolute Gasteiger partial charge is 0.0547 e. The van der Waals surface area contributed by atoms with Gasteiger partial charge in [-0.15, -0.1) is 0 Å². The fraction of sp³-hybridized carbons (Fsp3) is 0.647. The zero-order chi connectivity index (χ0) is 13.8. The molecule has 2 fully saturated rings. The van der Waals surface area contributed by atoms with Crippen LogP contribution in [0, 0.1) is 5.41 Å². The first-order valence-electron chi connectivity index (χ1n) is 7.81. The van der Waals surface area contributed by atoms with Crippen LogP contribution >= 0.6 is 0 Å². The molecule has 0 bridgehead atoms. The van der Waals surface area contributed by atoms with Crippen molar-refractivity contribution in [2.75, 3.05) is 46.4 Å². The Balaban J connectivity index is 1.60. The van der Waals surface area contributed by atoms with Gasteiger partial charge in [0, 0.05) is 31.7 Å². The normalized spacial score (nSPS) is 30.9. The van der Waals surface area contributed by atoms with Gasteiger partial charge in [-0.05, 0) is 37.9 Å². The van der Waals surface area contributed by atoms with E-state index in [0.29, 0.717) is 11.3 Å². The second kappa shape index (κ2) is 6.25. The van der Waals surface area contributed by atoms with E-state index in [2.05, 4.69) is 47.6 Å². The van der Waals surface area contributed by atoms with Crippen molar-refractivity contribution < 1.29 is 4.74 Å². The van der Waals surface area contributed by atoms with Crippen LogP contribution in [0.15, 0.2) is 30.3 Å². The van der Waals surface area contributed by atoms with Crippen LogP contribution in [0.2, 0.25) is 0 Å². The molecule has 0 aromatic heterocycles. The standard InChI is InChI=1S/C17H26N2O/c1-18-12-17(8-10-20-14-17)13-19-9-7-16(11-19)15-5-3-2-4-6-15/h2-6,16,18H,7-14H2,1H3. The van der Waals surface area contributed by atoms with Gasteiger partial charge in [0.25, 0.3) is 0 Å². The third-order valence-corrected chi connectivity index (χ3v) is 4.84. The van der Waals surface area contributed by atoms with Gasteiger partial charge in [0.05, 0.1) is 6.61 Å². The van der Waals surface area contributed by atoms with Gasteiger partial charge < -0.3 is 15.0 Å². The average Bonchev–Trinajstić information content (AvgIpc) is 3.11. The van der Waals surface area contributed by atoms with Gasteiger partial charge in [-0.2, -0.15) is 0 Å². The van der Waals surface area contributed by atoms with Crippen LogP contribution in [0.25, 0.3) is 0 Å². The Hall–Kier alpha value is -0.900. The van der Waals surface area contributed by atoms with E-state index in [4.69, 9.17) is 4.74 Å². The number of ether oxygens (including phenoxy) is 1. The minimum absolute atomic E-state index is 0.334. The molecule has 1 aromatic rings. The second-order valence-corrected chi connectivity index (χ2v) is 6.46. The molecule has 3 nitrogen and oxygen atoms in total. The quantitative estimate of drug-likeness (QED) is 0.890. The van der Waals surface area contributed by atoms with Crippen LogP contribution in [0.1, 0.15) is 24.3 Å². The fourth-order valence-corrected chi connectivity index (χ4v) is 3.79. The maximum absolute atomic E-state index is 5.67. The highest BCUT2D eigenvalue weighted by atomic mass is 16.5. The summed E-state index contributed by atoms with van der Waals surface area (Å²) in [6, 6.07) is 11.0. The summed E-state index contributed by atoms with van der Waals surface area (Å²) in [4.78, 5) is 2.64. The number of rotatable bonds is 5. The van der Waals surface area contributed by atoms with Gasteiger partial charge in [-0.3, -0.25) is 0 Å². The molecule has 0 saturated carbocycles. The Morgan fingerprint density at radius 3 is 2.90 bits per heavy atom. The molecule has 110 valence electrons. The Morgan fingerprint density at radius 1 is 1.35 bits per heavy atom. The summed E-state index contributed by atoms with van der Waals surface area (Å²) in [5.74, 6) is 0.713. The van der Waals surface area contributed by atoms with E-state index in [1.165, 1.54) is 38.0 Å². The van der Waals surface area contributed by atoms with Crippen LogP contribution in [0.5, 0.6) is 0 Å². The number of hydrogen-bond donors (Lipinski definition) is 1. The molecule has 3 rings (SSSR count). The summed E-state index contributed by atoms with van der Waals surface area (Å²) in [5, 5.41) is 3.36. The maximum Gasteiger partial charge on any atom is 0.0547 e. The molecule has 20 heavy (non-hydrogen) atoms. The summed E-state index contributed by atoms with van der Waals surface area (Å²) in [6.45, 7) is 6.52. The lowest BCUT2D eigenvalue weighted by molar-refractivity contribution is 0.119. The molecule has 2 aliphatic heterocycles. The number of hydrogen-bond acceptors (Lipinski definition) is 3. The highest BCUT2D eigenvalue weighted by Crippen LogP contribution is 2.33. The van der Waals surface area contributed by atoms with Crippen molar-refractivity contribution in [3.63, 3.8) is 0 Å². The molecule has 2 heterocycles. The van der Waals surface area contributed by atoms with Crippen LogP contribution < -0.4 is 5.32 Å². The topological polar surface area (TPSA) is 24.5 Å².